The zero-order valence-electron chi connectivity index (χ0n) is 14.3. The second-order valence-electron chi connectivity index (χ2n) is 6.92. The van der Waals surface area contributed by atoms with Crippen LogP contribution >= 0.6 is 0 Å². The molecule has 1 aliphatic heterocycles. The van der Waals surface area contributed by atoms with Crippen molar-refractivity contribution in [2.45, 2.75) is 44.6 Å². The molecule has 136 valence electrons. The summed E-state index contributed by atoms with van der Waals surface area (Å²) in [6, 6.07) is 5.66. The van der Waals surface area contributed by atoms with E-state index in [9.17, 15) is 9.59 Å². The van der Waals surface area contributed by atoms with Gasteiger partial charge in [-0.2, -0.15) is 5.10 Å². The van der Waals surface area contributed by atoms with Gasteiger partial charge in [-0.25, -0.2) is 4.79 Å². The minimum absolute atomic E-state index is 0.0203. The van der Waals surface area contributed by atoms with Crippen LogP contribution in [0.25, 0.3) is 10.9 Å². The Morgan fingerprint density at radius 3 is 2.77 bits per heavy atom. The van der Waals surface area contributed by atoms with Gasteiger partial charge in [-0.15, -0.1) is 0 Å². The van der Waals surface area contributed by atoms with Gasteiger partial charge in [0.2, 0.25) is 11.7 Å². The Morgan fingerprint density at radius 2 is 2.04 bits per heavy atom. The van der Waals surface area contributed by atoms with Crippen molar-refractivity contribution >= 4 is 28.6 Å². The van der Waals surface area contributed by atoms with Gasteiger partial charge < -0.3 is 15.2 Å². The molecule has 7 nitrogen and oxygen atoms in total. The molecule has 26 heavy (non-hydrogen) atoms. The number of fused-ring (bicyclic) bond motifs is 1. The number of aromatic amines is 1. The highest BCUT2D eigenvalue weighted by Gasteiger charge is 2.26. The lowest BCUT2D eigenvalue weighted by molar-refractivity contribution is -0.137. The number of carboxylic acid groups (broad SMARTS) is 1. The fraction of sp³-hybridized carbons (Fsp3) is 0.421. The summed E-state index contributed by atoms with van der Waals surface area (Å²) in [5.74, 6) is -0.484. The fourth-order valence-corrected chi connectivity index (χ4v) is 3.72. The third-order valence-electron chi connectivity index (χ3n) is 5.17. The van der Waals surface area contributed by atoms with Crippen molar-refractivity contribution in [1.29, 1.82) is 0 Å². The molecule has 2 heterocycles. The van der Waals surface area contributed by atoms with Crippen LogP contribution in [0.5, 0.6) is 0 Å². The third kappa shape index (κ3) is 3.16. The van der Waals surface area contributed by atoms with Crippen molar-refractivity contribution in [3.63, 3.8) is 0 Å². The minimum Gasteiger partial charge on any atom is -0.478 e. The van der Waals surface area contributed by atoms with Crippen molar-refractivity contribution in [3.05, 3.63) is 35.6 Å². The predicted molar refractivity (Wildman–Crippen MR) is 95.5 cm³/mol. The molecular weight excluding hydrogens is 334 g/mol. The van der Waals surface area contributed by atoms with E-state index in [1.54, 1.807) is 6.08 Å². The van der Waals surface area contributed by atoms with Gasteiger partial charge in [0.1, 0.15) is 6.10 Å². The van der Waals surface area contributed by atoms with E-state index in [1.165, 1.54) is 6.42 Å². The van der Waals surface area contributed by atoms with Crippen molar-refractivity contribution in [1.82, 2.24) is 10.2 Å². The standard InChI is InChI=1S/C19H21N3O4/c23-18(11-4-2-1-3-5-11)20-17-13-10-12(6-7-14(13)21-22-17)15-8-9-16(26-15)19(24)25/h6-7,9-11,15H,1-5,8H2,(H,24,25)(H2,20,21,22,23). The van der Waals surface area contributed by atoms with Crippen LogP contribution in [0.15, 0.2) is 30.0 Å². The Bertz CT molecular complexity index is 880. The zero-order valence-corrected chi connectivity index (χ0v) is 14.3. The largest absolute Gasteiger partial charge is 0.478 e. The number of nitrogens with zero attached hydrogens (tertiary/aromatic N) is 1. The van der Waals surface area contributed by atoms with Crippen LogP contribution in [-0.4, -0.2) is 27.2 Å². The number of hydrogen-bond acceptors (Lipinski definition) is 4. The highest BCUT2D eigenvalue weighted by Crippen LogP contribution is 2.34. The molecule has 1 unspecified atom stereocenters. The third-order valence-corrected chi connectivity index (χ3v) is 5.17. The number of ether oxygens (including phenoxy) is 1. The van der Waals surface area contributed by atoms with E-state index in [0.29, 0.717) is 12.2 Å². The minimum atomic E-state index is -1.06. The van der Waals surface area contributed by atoms with Gasteiger partial charge in [-0.1, -0.05) is 25.3 Å². The lowest BCUT2D eigenvalue weighted by Crippen LogP contribution is -2.24. The molecule has 0 spiro atoms. The van der Waals surface area contributed by atoms with Crippen LogP contribution in [0.1, 0.15) is 50.2 Å². The van der Waals surface area contributed by atoms with Gasteiger partial charge in [-0.05, 0) is 36.6 Å². The highest BCUT2D eigenvalue weighted by molar-refractivity contribution is 6.00. The molecule has 1 saturated carbocycles. The molecule has 3 N–H and O–H groups in total. The van der Waals surface area contributed by atoms with Gasteiger partial charge in [-0.3, -0.25) is 9.89 Å². The van der Waals surface area contributed by atoms with Crippen molar-refractivity contribution in [2.24, 2.45) is 5.92 Å². The second kappa shape index (κ2) is 6.82. The topological polar surface area (TPSA) is 104 Å². The number of nitrogens with one attached hydrogen (secondary N) is 2. The number of aliphatic carboxylic acids is 1. The fourth-order valence-electron chi connectivity index (χ4n) is 3.72. The number of carbonyl (C=O) groups excluding carboxylic acids is 1. The van der Waals surface area contributed by atoms with Crippen molar-refractivity contribution in [2.75, 3.05) is 5.32 Å². The summed E-state index contributed by atoms with van der Waals surface area (Å²) in [7, 11) is 0. The van der Waals surface area contributed by atoms with E-state index in [1.807, 2.05) is 18.2 Å². The molecule has 4 rings (SSSR count). The maximum absolute atomic E-state index is 12.5. The number of rotatable bonds is 4. The summed E-state index contributed by atoms with van der Waals surface area (Å²) in [4.78, 5) is 23.5. The molecule has 2 aromatic rings. The van der Waals surface area contributed by atoms with Crippen LogP contribution in [-0.2, 0) is 14.3 Å². The smallest absolute Gasteiger partial charge is 0.370 e. The molecule has 1 aromatic heterocycles. The maximum Gasteiger partial charge on any atom is 0.370 e. The molecule has 1 amide bonds. The van der Waals surface area contributed by atoms with Crippen LogP contribution in [0, 0.1) is 5.92 Å². The monoisotopic (exact) mass is 355 g/mol. The first-order valence-electron chi connectivity index (χ1n) is 9.01. The number of carbonyl (C=O) groups is 2. The molecule has 1 atom stereocenters. The first-order chi connectivity index (χ1) is 12.6. The first-order valence-corrected chi connectivity index (χ1v) is 9.01. The molecule has 0 radical (unpaired) electrons. The summed E-state index contributed by atoms with van der Waals surface area (Å²) in [6.07, 6.45) is 7.02. The molecule has 2 aliphatic rings. The maximum atomic E-state index is 12.5. The quantitative estimate of drug-likeness (QED) is 0.778. The average molecular weight is 355 g/mol. The van der Waals surface area contributed by atoms with E-state index >= 15 is 0 Å². The SMILES string of the molecule is O=C(O)C1=CCC(c2ccc3[nH]nc(NC(=O)C4CCCCC4)c3c2)O1. The summed E-state index contributed by atoms with van der Waals surface area (Å²) in [6.45, 7) is 0. The number of anilines is 1. The summed E-state index contributed by atoms with van der Waals surface area (Å²) >= 11 is 0. The van der Waals surface area contributed by atoms with E-state index < -0.39 is 5.97 Å². The van der Waals surface area contributed by atoms with Gasteiger partial charge in [0.15, 0.2) is 5.82 Å². The number of carboxylic acids is 1. The summed E-state index contributed by atoms with van der Waals surface area (Å²) in [5, 5.41) is 19.9. The number of aromatic nitrogens is 2. The normalized spacial score (nSPS) is 20.6. The molecule has 1 aromatic carbocycles. The van der Waals surface area contributed by atoms with Gasteiger partial charge in [0.05, 0.1) is 5.52 Å². The predicted octanol–water partition coefficient (Wildman–Crippen LogP) is 3.51. The van der Waals surface area contributed by atoms with Gasteiger partial charge in [0, 0.05) is 17.7 Å². The second-order valence-corrected chi connectivity index (χ2v) is 6.92. The van der Waals surface area contributed by atoms with E-state index in [4.69, 9.17) is 9.84 Å². The average Bonchev–Trinajstić information content (AvgIpc) is 3.30. The molecule has 1 fully saturated rings. The molecule has 7 heteroatoms. The van der Waals surface area contributed by atoms with Gasteiger partial charge in [0.25, 0.3) is 0 Å². The first kappa shape index (κ1) is 16.6. The van der Waals surface area contributed by atoms with E-state index in [0.717, 1.165) is 42.1 Å². The number of H-pyrrole nitrogens is 1. The van der Waals surface area contributed by atoms with Gasteiger partial charge >= 0.3 is 5.97 Å². The molecule has 1 aliphatic carbocycles. The Labute approximate surface area is 150 Å². The van der Waals surface area contributed by atoms with E-state index in [-0.39, 0.29) is 23.7 Å². The number of hydrogen-bond donors (Lipinski definition) is 3. The summed E-state index contributed by atoms with van der Waals surface area (Å²) < 4.78 is 5.49. The van der Waals surface area contributed by atoms with Crippen molar-refractivity contribution < 1.29 is 19.4 Å². The zero-order chi connectivity index (χ0) is 18.1. The summed E-state index contributed by atoms with van der Waals surface area (Å²) in [5.41, 5.74) is 1.68. The van der Waals surface area contributed by atoms with Crippen LogP contribution < -0.4 is 5.32 Å². The van der Waals surface area contributed by atoms with Crippen LogP contribution in [0.2, 0.25) is 0 Å². The molecular formula is C19H21N3O4. The lowest BCUT2D eigenvalue weighted by Gasteiger charge is -2.20. The Balaban J connectivity index is 1.53. The van der Waals surface area contributed by atoms with Crippen molar-refractivity contribution in [3.8, 4) is 0 Å². The highest BCUT2D eigenvalue weighted by atomic mass is 16.5. The Kier molecular flexibility index (Phi) is 4.36. The number of benzene rings is 1. The molecule has 0 bridgehead atoms. The van der Waals surface area contributed by atoms with Crippen LogP contribution in [0.3, 0.4) is 0 Å². The van der Waals surface area contributed by atoms with E-state index in [2.05, 4.69) is 15.5 Å². The lowest BCUT2D eigenvalue weighted by atomic mass is 9.88. The number of amides is 1. The Morgan fingerprint density at radius 1 is 1.23 bits per heavy atom. The Hall–Kier alpha value is -2.83. The van der Waals surface area contributed by atoms with Crippen LogP contribution in [0.4, 0.5) is 5.82 Å². The molecule has 0 saturated heterocycles.